The molecular formula is C18H25N3O4S. The van der Waals surface area contributed by atoms with E-state index in [4.69, 9.17) is 4.74 Å². The second kappa shape index (κ2) is 8.64. The Morgan fingerprint density at radius 3 is 2.88 bits per heavy atom. The fourth-order valence-electron chi connectivity index (χ4n) is 3.21. The van der Waals surface area contributed by atoms with Crippen molar-refractivity contribution in [3.05, 3.63) is 21.9 Å². The van der Waals surface area contributed by atoms with E-state index in [0.717, 1.165) is 24.8 Å². The Bertz CT molecular complexity index is 671. The van der Waals surface area contributed by atoms with Crippen molar-refractivity contribution in [2.45, 2.75) is 50.8 Å². The molecule has 0 bridgehead atoms. The molecule has 2 atom stereocenters. The van der Waals surface area contributed by atoms with E-state index in [1.165, 1.54) is 11.3 Å². The van der Waals surface area contributed by atoms with Crippen LogP contribution in [0.2, 0.25) is 0 Å². The van der Waals surface area contributed by atoms with E-state index < -0.39 is 6.04 Å². The zero-order chi connectivity index (χ0) is 18.5. The third kappa shape index (κ3) is 4.82. The van der Waals surface area contributed by atoms with Crippen molar-refractivity contribution in [2.24, 2.45) is 5.92 Å². The summed E-state index contributed by atoms with van der Waals surface area (Å²) in [6.45, 7) is 0.783. The van der Waals surface area contributed by atoms with Crippen LogP contribution in [-0.2, 0) is 20.9 Å². The third-order valence-electron chi connectivity index (χ3n) is 4.80. The number of ether oxygens (including phenoxy) is 1. The largest absolute Gasteiger partial charge is 0.380 e. The van der Waals surface area contributed by atoms with Crippen molar-refractivity contribution in [1.82, 2.24) is 16.0 Å². The van der Waals surface area contributed by atoms with E-state index in [0.29, 0.717) is 36.8 Å². The maximum atomic E-state index is 12.6. The van der Waals surface area contributed by atoms with Crippen LogP contribution < -0.4 is 16.0 Å². The molecule has 2 heterocycles. The zero-order valence-electron chi connectivity index (χ0n) is 14.9. The lowest BCUT2D eigenvalue weighted by Crippen LogP contribution is -2.52. The number of carbonyl (C=O) groups is 3. The van der Waals surface area contributed by atoms with Crippen molar-refractivity contribution in [2.75, 3.05) is 13.7 Å². The lowest BCUT2D eigenvalue weighted by Gasteiger charge is -2.24. The third-order valence-corrected chi connectivity index (χ3v) is 5.76. The van der Waals surface area contributed by atoms with Gasteiger partial charge in [-0.3, -0.25) is 14.4 Å². The van der Waals surface area contributed by atoms with Crippen molar-refractivity contribution >= 4 is 29.1 Å². The van der Waals surface area contributed by atoms with Gasteiger partial charge in [-0.25, -0.2) is 0 Å². The molecule has 7 nitrogen and oxygen atoms in total. The summed E-state index contributed by atoms with van der Waals surface area (Å²) in [5, 5.41) is 10.6. The van der Waals surface area contributed by atoms with Gasteiger partial charge in [0, 0.05) is 31.7 Å². The fourth-order valence-corrected chi connectivity index (χ4v) is 4.02. The average Bonchev–Trinajstić information content (AvgIpc) is 3.37. The van der Waals surface area contributed by atoms with E-state index in [2.05, 4.69) is 16.0 Å². The van der Waals surface area contributed by atoms with Crippen LogP contribution >= 0.6 is 11.3 Å². The molecule has 3 N–H and O–H groups in total. The maximum absolute atomic E-state index is 12.6. The molecule has 1 aromatic rings. The number of methoxy groups -OCH3 is 1. The Kier molecular flexibility index (Phi) is 6.26. The Hall–Kier alpha value is -1.93. The molecule has 8 heteroatoms. The molecule has 1 aliphatic carbocycles. The molecule has 26 heavy (non-hydrogen) atoms. The summed E-state index contributed by atoms with van der Waals surface area (Å²) in [6, 6.07) is 1.34. The second-order valence-corrected chi connectivity index (χ2v) is 7.80. The number of thiophene rings is 1. The highest BCUT2D eigenvalue weighted by Crippen LogP contribution is 2.33. The van der Waals surface area contributed by atoms with Gasteiger partial charge >= 0.3 is 0 Å². The Morgan fingerprint density at radius 1 is 1.38 bits per heavy atom. The first-order valence-corrected chi connectivity index (χ1v) is 9.89. The van der Waals surface area contributed by atoms with E-state index in [1.807, 2.05) is 11.4 Å². The topological polar surface area (TPSA) is 96.5 Å². The van der Waals surface area contributed by atoms with Gasteiger partial charge in [0.1, 0.15) is 6.04 Å². The molecule has 0 spiro atoms. The monoisotopic (exact) mass is 379 g/mol. The molecule has 3 amide bonds. The van der Waals surface area contributed by atoms with Crippen molar-refractivity contribution in [3.8, 4) is 0 Å². The molecule has 3 rings (SSSR count). The van der Waals surface area contributed by atoms with Crippen molar-refractivity contribution in [1.29, 1.82) is 0 Å². The molecule has 2 fully saturated rings. The van der Waals surface area contributed by atoms with Crippen LogP contribution in [0.5, 0.6) is 0 Å². The Morgan fingerprint density at radius 2 is 2.19 bits per heavy atom. The van der Waals surface area contributed by atoms with Gasteiger partial charge in [-0.2, -0.15) is 0 Å². The summed E-state index contributed by atoms with van der Waals surface area (Å²) in [5.74, 6) is 0.0242. The van der Waals surface area contributed by atoms with E-state index >= 15 is 0 Å². The molecule has 0 radical (unpaired) electrons. The Balaban J connectivity index is 1.54. The van der Waals surface area contributed by atoms with Crippen LogP contribution in [0, 0.1) is 5.92 Å². The predicted molar refractivity (Wildman–Crippen MR) is 97.8 cm³/mol. The summed E-state index contributed by atoms with van der Waals surface area (Å²) in [6.07, 6.45) is 3.98. The van der Waals surface area contributed by atoms with Crippen LogP contribution in [0.4, 0.5) is 0 Å². The van der Waals surface area contributed by atoms with Crippen LogP contribution in [0.1, 0.15) is 47.3 Å². The first-order valence-electron chi connectivity index (χ1n) is 9.01. The number of piperidine rings is 1. The molecule has 1 aliphatic heterocycles. The van der Waals surface area contributed by atoms with Gasteiger partial charge in [-0.05, 0) is 43.0 Å². The standard InChI is InChI=1S/C18H25N3O4S/c1-25-10-12-7-8-26-16(12)18(24)21-14(11-5-6-11)9-19-17(23)13-3-2-4-15(22)20-13/h7-8,11,13-14H,2-6,9-10H2,1H3,(H,19,23)(H,20,22)(H,21,24)/t13-,14?/m1/s1. The van der Waals surface area contributed by atoms with E-state index in [-0.39, 0.29) is 23.8 Å². The van der Waals surface area contributed by atoms with Gasteiger partial charge in [0.05, 0.1) is 11.5 Å². The van der Waals surface area contributed by atoms with Crippen LogP contribution in [0.25, 0.3) is 0 Å². The van der Waals surface area contributed by atoms with Gasteiger partial charge in [0.15, 0.2) is 0 Å². The van der Waals surface area contributed by atoms with Gasteiger partial charge in [0.2, 0.25) is 11.8 Å². The molecule has 0 aromatic carbocycles. The normalized spacial score (nSPS) is 21.0. The first kappa shape index (κ1) is 18.8. The van der Waals surface area contributed by atoms with Gasteiger partial charge in [0.25, 0.3) is 5.91 Å². The summed E-state index contributed by atoms with van der Waals surface area (Å²) in [5.41, 5.74) is 0.874. The van der Waals surface area contributed by atoms with Gasteiger partial charge < -0.3 is 20.7 Å². The number of nitrogens with one attached hydrogen (secondary N) is 3. The summed E-state index contributed by atoms with van der Waals surface area (Å²) >= 11 is 1.39. The summed E-state index contributed by atoms with van der Waals surface area (Å²) < 4.78 is 5.13. The minimum atomic E-state index is -0.461. The minimum absolute atomic E-state index is 0.0770. The second-order valence-electron chi connectivity index (χ2n) is 6.88. The van der Waals surface area contributed by atoms with E-state index in [9.17, 15) is 14.4 Å². The molecule has 2 aliphatic rings. The maximum Gasteiger partial charge on any atom is 0.262 e. The number of carbonyl (C=O) groups excluding carboxylic acids is 3. The summed E-state index contributed by atoms with van der Waals surface area (Å²) in [4.78, 5) is 37.0. The molecule has 1 unspecified atom stereocenters. The number of rotatable bonds is 8. The summed E-state index contributed by atoms with van der Waals surface area (Å²) in [7, 11) is 1.60. The number of amides is 3. The lowest BCUT2D eigenvalue weighted by molar-refractivity contribution is -0.131. The fraction of sp³-hybridized carbons (Fsp3) is 0.611. The molecule has 142 valence electrons. The molecule has 1 saturated carbocycles. The number of hydrogen-bond acceptors (Lipinski definition) is 5. The minimum Gasteiger partial charge on any atom is -0.380 e. The van der Waals surface area contributed by atoms with Crippen LogP contribution in [-0.4, -0.2) is 43.5 Å². The Labute approximate surface area is 156 Å². The van der Waals surface area contributed by atoms with Crippen LogP contribution in [0.3, 0.4) is 0 Å². The van der Waals surface area contributed by atoms with Crippen molar-refractivity contribution in [3.63, 3.8) is 0 Å². The van der Waals surface area contributed by atoms with Gasteiger partial charge in [-0.15, -0.1) is 11.3 Å². The quantitative estimate of drug-likeness (QED) is 0.632. The molecular weight excluding hydrogens is 354 g/mol. The average molecular weight is 379 g/mol. The number of hydrogen-bond donors (Lipinski definition) is 3. The smallest absolute Gasteiger partial charge is 0.262 e. The van der Waals surface area contributed by atoms with Crippen LogP contribution in [0.15, 0.2) is 11.4 Å². The molecule has 1 saturated heterocycles. The van der Waals surface area contributed by atoms with Gasteiger partial charge in [-0.1, -0.05) is 0 Å². The zero-order valence-corrected chi connectivity index (χ0v) is 15.7. The predicted octanol–water partition coefficient (Wildman–Crippen LogP) is 1.19. The van der Waals surface area contributed by atoms with E-state index in [1.54, 1.807) is 7.11 Å². The lowest BCUT2D eigenvalue weighted by atomic mass is 10.0. The highest BCUT2D eigenvalue weighted by molar-refractivity contribution is 7.12. The SMILES string of the molecule is COCc1ccsc1C(=O)NC(CNC(=O)[C@H]1CCCC(=O)N1)C1CC1. The van der Waals surface area contributed by atoms with Crippen molar-refractivity contribution < 1.29 is 19.1 Å². The highest BCUT2D eigenvalue weighted by atomic mass is 32.1. The molecule has 1 aromatic heterocycles. The highest BCUT2D eigenvalue weighted by Gasteiger charge is 2.34. The first-order chi connectivity index (χ1) is 12.6.